The molecule has 2 aromatic rings. The fourth-order valence-corrected chi connectivity index (χ4v) is 2.01. The second-order valence-electron chi connectivity index (χ2n) is 5.64. The normalized spacial score (nSPS) is 9.48. The maximum Gasteiger partial charge on any atom is 0.318 e. The molecule has 0 spiro atoms. The van der Waals surface area contributed by atoms with Crippen molar-refractivity contribution in [2.24, 2.45) is 5.73 Å². The molecule has 29 heavy (non-hydrogen) atoms. The molecule has 0 aromatic heterocycles. The highest BCUT2D eigenvalue weighted by atomic mass is 35.5. The first-order chi connectivity index (χ1) is 13.8. The molecule has 0 aliphatic carbocycles. The van der Waals surface area contributed by atoms with Gasteiger partial charge in [-0.3, -0.25) is 19.3 Å². The summed E-state index contributed by atoms with van der Waals surface area (Å²) in [6.07, 6.45) is 0. The van der Waals surface area contributed by atoms with Crippen LogP contribution in [0.4, 0.5) is 0 Å². The molecule has 0 bridgehead atoms. The van der Waals surface area contributed by atoms with Crippen LogP contribution in [0.2, 0.25) is 0 Å². The van der Waals surface area contributed by atoms with Gasteiger partial charge in [0.15, 0.2) is 0 Å². The van der Waals surface area contributed by atoms with Crippen LogP contribution in [0.5, 0.6) is 0 Å². The Bertz CT molecular complexity index is 712. The molecule has 0 radical (unpaired) electrons. The fraction of sp³-hybridized carbons (Fsp3) is 0.250. The van der Waals surface area contributed by atoms with Crippen molar-refractivity contribution in [1.82, 2.24) is 4.90 Å². The molecule has 0 heterocycles. The zero-order valence-corrected chi connectivity index (χ0v) is 16.5. The number of carboxylic acid groups (broad SMARTS) is 3. The Balaban J connectivity index is 0.000000498. The van der Waals surface area contributed by atoms with Crippen LogP contribution in [0.15, 0.2) is 60.7 Å². The Hall–Kier alpha value is -2.94. The number of hydrogen-bond acceptors (Lipinski definition) is 5. The van der Waals surface area contributed by atoms with Crippen molar-refractivity contribution in [3.8, 4) is 0 Å². The fourth-order valence-electron chi connectivity index (χ4n) is 2.01. The third kappa shape index (κ3) is 15.8. The lowest BCUT2D eigenvalue weighted by molar-refractivity contribution is -0.142. The summed E-state index contributed by atoms with van der Waals surface area (Å²) < 4.78 is 0. The van der Waals surface area contributed by atoms with Crippen LogP contribution in [0.25, 0.3) is 0 Å². The number of aliphatic carboxylic acids is 3. The lowest BCUT2D eigenvalue weighted by Crippen LogP contribution is -2.33. The van der Waals surface area contributed by atoms with Crippen LogP contribution in [0, 0.1) is 0 Å². The molecule has 8 nitrogen and oxygen atoms in total. The number of alkyl halides is 1. The first kappa shape index (κ1) is 26.1. The SMILES string of the molecule is NCc1ccccc1.O=C(O)CCl.O=C(O)CN(CC(=O)O)Cc1ccccc1. The molecular formula is C20H25ClN2O6. The first-order valence-corrected chi connectivity index (χ1v) is 9.03. The predicted molar refractivity (Wildman–Crippen MR) is 110 cm³/mol. The standard InChI is InChI=1S/C11H13NO4.C7H9N.C2H3ClO2/c13-10(14)7-12(8-11(15)16)6-9-4-2-1-3-5-9;8-6-7-4-2-1-3-5-7;3-1-2(4)5/h1-5H,6-8H2,(H,13,14)(H,15,16);1-5H,6,8H2;1H2,(H,4,5). The molecule has 0 aliphatic rings. The van der Waals surface area contributed by atoms with Crippen molar-refractivity contribution >= 4 is 29.5 Å². The van der Waals surface area contributed by atoms with Crippen molar-refractivity contribution in [2.75, 3.05) is 19.0 Å². The van der Waals surface area contributed by atoms with Gasteiger partial charge in [0.05, 0.1) is 13.1 Å². The van der Waals surface area contributed by atoms with Crippen LogP contribution < -0.4 is 5.73 Å². The van der Waals surface area contributed by atoms with E-state index in [-0.39, 0.29) is 19.0 Å². The van der Waals surface area contributed by atoms with E-state index in [0.29, 0.717) is 13.1 Å². The lowest BCUT2D eigenvalue weighted by atomic mass is 10.2. The average molecular weight is 425 g/mol. The second-order valence-corrected chi connectivity index (χ2v) is 5.90. The Morgan fingerprint density at radius 3 is 1.41 bits per heavy atom. The van der Waals surface area contributed by atoms with Gasteiger partial charge in [0.25, 0.3) is 0 Å². The molecule has 0 aliphatic heterocycles. The Labute approximate surface area is 174 Å². The van der Waals surface area contributed by atoms with E-state index in [1.54, 1.807) is 0 Å². The summed E-state index contributed by atoms with van der Waals surface area (Å²) in [5.41, 5.74) is 7.43. The van der Waals surface area contributed by atoms with Crippen LogP contribution in [0.1, 0.15) is 11.1 Å². The van der Waals surface area contributed by atoms with E-state index in [0.717, 1.165) is 5.56 Å². The quantitative estimate of drug-likeness (QED) is 0.472. The zero-order valence-electron chi connectivity index (χ0n) is 15.8. The summed E-state index contributed by atoms with van der Waals surface area (Å²) >= 11 is 4.74. The van der Waals surface area contributed by atoms with Crippen LogP contribution in [0.3, 0.4) is 0 Å². The maximum atomic E-state index is 10.5. The summed E-state index contributed by atoms with van der Waals surface area (Å²) in [6.45, 7) is 0.405. The number of halogens is 1. The second kappa shape index (κ2) is 16.1. The van der Waals surface area contributed by atoms with Crippen molar-refractivity contribution in [2.45, 2.75) is 13.1 Å². The molecule has 0 saturated heterocycles. The minimum atomic E-state index is -1.03. The Kier molecular flexibility index (Phi) is 14.4. The molecule has 5 N–H and O–H groups in total. The number of carboxylic acids is 3. The van der Waals surface area contributed by atoms with Gasteiger partial charge in [0, 0.05) is 13.1 Å². The van der Waals surface area contributed by atoms with Gasteiger partial charge in [-0.1, -0.05) is 60.7 Å². The third-order valence-corrected chi connectivity index (χ3v) is 3.39. The van der Waals surface area contributed by atoms with Gasteiger partial charge in [-0.25, -0.2) is 0 Å². The summed E-state index contributed by atoms with van der Waals surface area (Å²) in [6, 6.07) is 19.2. The van der Waals surface area contributed by atoms with Crippen LogP contribution in [-0.4, -0.2) is 57.1 Å². The highest BCUT2D eigenvalue weighted by molar-refractivity contribution is 6.26. The van der Waals surface area contributed by atoms with Crippen LogP contribution >= 0.6 is 11.6 Å². The average Bonchev–Trinajstić information content (AvgIpc) is 2.69. The van der Waals surface area contributed by atoms with Crippen molar-refractivity contribution in [1.29, 1.82) is 0 Å². The van der Waals surface area contributed by atoms with Gasteiger partial charge in [-0.2, -0.15) is 0 Å². The largest absolute Gasteiger partial charge is 0.480 e. The minimum Gasteiger partial charge on any atom is -0.480 e. The highest BCUT2D eigenvalue weighted by Gasteiger charge is 2.13. The first-order valence-electron chi connectivity index (χ1n) is 8.50. The number of rotatable bonds is 8. The van der Waals surface area contributed by atoms with E-state index in [4.69, 9.17) is 32.7 Å². The van der Waals surface area contributed by atoms with E-state index in [1.807, 2.05) is 60.7 Å². The molecular weight excluding hydrogens is 400 g/mol. The number of hydrogen-bond donors (Lipinski definition) is 4. The molecule has 0 fully saturated rings. The highest BCUT2D eigenvalue weighted by Crippen LogP contribution is 2.03. The predicted octanol–water partition coefficient (Wildman–Crippen LogP) is 2.11. The summed E-state index contributed by atoms with van der Waals surface area (Å²) in [7, 11) is 0. The molecule has 158 valence electrons. The number of carbonyl (C=O) groups is 3. The van der Waals surface area contributed by atoms with Crippen LogP contribution in [-0.2, 0) is 27.5 Å². The molecule has 0 amide bonds. The molecule has 2 aromatic carbocycles. The summed E-state index contributed by atoms with van der Waals surface area (Å²) in [5, 5.41) is 24.9. The van der Waals surface area contributed by atoms with Crippen molar-refractivity contribution < 1.29 is 29.7 Å². The zero-order chi connectivity index (χ0) is 22.1. The smallest absolute Gasteiger partial charge is 0.318 e. The van der Waals surface area contributed by atoms with Gasteiger partial charge in [0.1, 0.15) is 5.88 Å². The van der Waals surface area contributed by atoms with Gasteiger partial charge in [0.2, 0.25) is 0 Å². The number of nitrogens with zero attached hydrogens (tertiary/aromatic N) is 1. The molecule has 0 saturated carbocycles. The van der Waals surface area contributed by atoms with E-state index in [9.17, 15) is 14.4 Å². The van der Waals surface area contributed by atoms with Crippen molar-refractivity contribution in [3.05, 3.63) is 71.8 Å². The topological polar surface area (TPSA) is 141 Å². The van der Waals surface area contributed by atoms with Gasteiger partial charge >= 0.3 is 17.9 Å². The monoisotopic (exact) mass is 424 g/mol. The lowest BCUT2D eigenvalue weighted by Gasteiger charge is -2.17. The maximum absolute atomic E-state index is 10.5. The number of nitrogens with two attached hydrogens (primary N) is 1. The van der Waals surface area contributed by atoms with Gasteiger partial charge in [-0.15, -0.1) is 11.6 Å². The minimum absolute atomic E-state index is 0.277. The van der Waals surface area contributed by atoms with E-state index >= 15 is 0 Å². The summed E-state index contributed by atoms with van der Waals surface area (Å²) in [5.74, 6) is -3.35. The van der Waals surface area contributed by atoms with E-state index in [2.05, 4.69) is 0 Å². The van der Waals surface area contributed by atoms with E-state index in [1.165, 1.54) is 10.5 Å². The molecule has 0 unspecified atom stereocenters. The van der Waals surface area contributed by atoms with Gasteiger partial charge in [-0.05, 0) is 11.1 Å². The third-order valence-electron chi connectivity index (χ3n) is 3.16. The molecule has 2 rings (SSSR count). The Morgan fingerprint density at radius 2 is 1.14 bits per heavy atom. The number of benzene rings is 2. The summed E-state index contributed by atoms with van der Waals surface area (Å²) in [4.78, 5) is 31.7. The Morgan fingerprint density at radius 1 is 0.759 bits per heavy atom. The molecule has 0 atom stereocenters. The van der Waals surface area contributed by atoms with Crippen molar-refractivity contribution in [3.63, 3.8) is 0 Å². The molecule has 9 heteroatoms. The van der Waals surface area contributed by atoms with Gasteiger partial charge < -0.3 is 21.1 Å². The van der Waals surface area contributed by atoms with E-state index < -0.39 is 17.9 Å².